The van der Waals surface area contributed by atoms with Crippen LogP contribution in [0.25, 0.3) is 33.2 Å². The van der Waals surface area contributed by atoms with Crippen LogP contribution in [-0.4, -0.2) is 37.3 Å². The number of halogens is 1. The SMILES string of the molecule is NC(=O)CC1C=CC=CS1(=O)=O.O=C(COc1ccc(Cl)cc1)N(O)c1cccc(-c2ccc(C3=Cc4ccc5c(c4CC3)CCc3ccccc3-5)s2)c1. The molecular formula is C43H37ClN2O6S2. The van der Waals surface area contributed by atoms with Crippen LogP contribution >= 0.6 is 22.9 Å². The number of nitrogens with zero attached hydrogens (tertiary/aromatic N) is 1. The van der Waals surface area contributed by atoms with Crippen LogP contribution < -0.4 is 15.5 Å². The number of nitrogens with two attached hydrogens (primary N) is 1. The van der Waals surface area contributed by atoms with E-state index in [2.05, 4.69) is 54.6 Å². The molecule has 274 valence electrons. The van der Waals surface area contributed by atoms with Crippen molar-refractivity contribution >= 4 is 61.9 Å². The Labute approximate surface area is 323 Å². The Balaban J connectivity index is 0.000000321. The molecule has 3 aliphatic rings. The molecule has 0 fully saturated rings. The van der Waals surface area contributed by atoms with Gasteiger partial charge >= 0.3 is 0 Å². The number of benzene rings is 4. The minimum atomic E-state index is -3.29. The molecule has 1 unspecified atom stereocenters. The minimum absolute atomic E-state index is 0.150. The number of amides is 2. The van der Waals surface area contributed by atoms with Gasteiger partial charge in [-0.1, -0.05) is 84.4 Å². The first kappa shape index (κ1) is 37.1. The lowest BCUT2D eigenvalue weighted by Gasteiger charge is -2.26. The van der Waals surface area contributed by atoms with Gasteiger partial charge < -0.3 is 10.5 Å². The number of carbonyl (C=O) groups is 2. The van der Waals surface area contributed by atoms with Crippen molar-refractivity contribution in [2.75, 3.05) is 11.7 Å². The zero-order valence-electron chi connectivity index (χ0n) is 29.2. The third-order valence-corrected chi connectivity index (χ3v) is 12.8. The van der Waals surface area contributed by atoms with Crippen LogP contribution in [0.2, 0.25) is 5.02 Å². The highest BCUT2D eigenvalue weighted by Crippen LogP contribution is 2.42. The predicted molar refractivity (Wildman–Crippen MR) is 216 cm³/mol. The molecule has 0 saturated carbocycles. The highest BCUT2D eigenvalue weighted by molar-refractivity contribution is 7.95. The Morgan fingerprint density at radius 2 is 1.63 bits per heavy atom. The Morgan fingerprint density at radius 1 is 0.852 bits per heavy atom. The fraction of sp³-hybridized carbons (Fsp3) is 0.163. The summed E-state index contributed by atoms with van der Waals surface area (Å²) in [5.41, 5.74) is 16.2. The van der Waals surface area contributed by atoms with Gasteiger partial charge in [-0.3, -0.25) is 14.8 Å². The molecule has 8 rings (SSSR count). The Kier molecular flexibility index (Phi) is 11.0. The summed E-state index contributed by atoms with van der Waals surface area (Å²) in [5.74, 6) is -0.667. The summed E-state index contributed by atoms with van der Waals surface area (Å²) in [6.07, 6.45) is 11.0. The molecule has 2 amide bonds. The maximum Gasteiger partial charge on any atom is 0.288 e. The first-order valence-corrected chi connectivity index (χ1v) is 20.3. The van der Waals surface area contributed by atoms with Gasteiger partial charge in [0, 0.05) is 26.6 Å². The Bertz CT molecular complexity index is 2430. The van der Waals surface area contributed by atoms with E-state index in [1.807, 2.05) is 18.2 Å². The monoisotopic (exact) mass is 776 g/mol. The summed E-state index contributed by atoms with van der Waals surface area (Å²) >= 11 is 7.64. The molecule has 1 atom stereocenters. The first-order valence-electron chi connectivity index (χ1n) is 17.5. The van der Waals surface area contributed by atoms with Crippen LogP contribution in [0.4, 0.5) is 5.69 Å². The highest BCUT2D eigenvalue weighted by atomic mass is 35.5. The van der Waals surface area contributed by atoms with Crippen molar-refractivity contribution in [2.45, 2.75) is 37.4 Å². The number of ether oxygens (including phenoxy) is 1. The molecule has 2 aliphatic carbocycles. The second kappa shape index (κ2) is 16.0. The van der Waals surface area contributed by atoms with Gasteiger partial charge in [-0.25, -0.2) is 8.42 Å². The quantitative estimate of drug-likeness (QED) is 0.120. The number of allylic oxidation sites excluding steroid dienone is 3. The van der Waals surface area contributed by atoms with E-state index < -0.39 is 26.9 Å². The molecule has 0 radical (unpaired) electrons. The third kappa shape index (κ3) is 8.27. The van der Waals surface area contributed by atoms with E-state index in [0.29, 0.717) is 21.5 Å². The number of aryl methyl sites for hydroxylation is 1. The molecule has 0 spiro atoms. The van der Waals surface area contributed by atoms with Crippen LogP contribution in [-0.2, 0) is 38.7 Å². The van der Waals surface area contributed by atoms with Crippen molar-refractivity contribution in [3.8, 4) is 27.3 Å². The van der Waals surface area contributed by atoms with E-state index in [4.69, 9.17) is 22.1 Å². The Morgan fingerprint density at radius 3 is 2.43 bits per heavy atom. The van der Waals surface area contributed by atoms with E-state index in [9.17, 15) is 23.2 Å². The van der Waals surface area contributed by atoms with E-state index in [0.717, 1.165) is 41.5 Å². The summed E-state index contributed by atoms with van der Waals surface area (Å²) < 4.78 is 27.9. The Hall–Kier alpha value is -5.26. The number of sulfone groups is 1. The zero-order chi connectivity index (χ0) is 37.8. The first-order chi connectivity index (χ1) is 26.1. The molecule has 8 nitrogen and oxygen atoms in total. The number of hydroxylamine groups is 1. The van der Waals surface area contributed by atoms with Gasteiger partial charge in [0.2, 0.25) is 5.91 Å². The molecule has 54 heavy (non-hydrogen) atoms. The number of thiophene rings is 1. The van der Waals surface area contributed by atoms with Crippen molar-refractivity contribution in [2.24, 2.45) is 5.73 Å². The van der Waals surface area contributed by atoms with Crippen molar-refractivity contribution in [3.05, 3.63) is 153 Å². The van der Waals surface area contributed by atoms with Crippen molar-refractivity contribution in [1.29, 1.82) is 0 Å². The van der Waals surface area contributed by atoms with Gasteiger partial charge in [0.1, 0.15) is 5.75 Å². The maximum absolute atomic E-state index is 12.6. The smallest absolute Gasteiger partial charge is 0.288 e. The maximum atomic E-state index is 12.6. The second-order valence-electron chi connectivity index (χ2n) is 13.2. The number of rotatable bonds is 8. The van der Waals surface area contributed by atoms with Gasteiger partial charge in [-0.2, -0.15) is 5.06 Å². The van der Waals surface area contributed by atoms with Crippen LogP contribution in [0.15, 0.2) is 121 Å². The summed E-state index contributed by atoms with van der Waals surface area (Å²) in [6.45, 7) is -0.295. The molecule has 0 bridgehead atoms. The second-order valence-corrected chi connectivity index (χ2v) is 16.7. The molecule has 1 aliphatic heterocycles. The van der Waals surface area contributed by atoms with Crippen molar-refractivity contribution in [3.63, 3.8) is 0 Å². The predicted octanol–water partition coefficient (Wildman–Crippen LogP) is 8.85. The zero-order valence-corrected chi connectivity index (χ0v) is 31.5. The van der Waals surface area contributed by atoms with E-state index in [1.165, 1.54) is 56.0 Å². The van der Waals surface area contributed by atoms with Crippen LogP contribution in [0.5, 0.6) is 5.75 Å². The summed E-state index contributed by atoms with van der Waals surface area (Å²) in [6, 6.07) is 31.8. The molecular weight excluding hydrogens is 740 g/mol. The van der Waals surface area contributed by atoms with Gasteiger partial charge in [0.05, 0.1) is 10.9 Å². The lowest BCUT2D eigenvalue weighted by molar-refractivity contribution is -0.125. The molecule has 4 aromatic carbocycles. The number of anilines is 1. The van der Waals surface area contributed by atoms with Crippen molar-refractivity contribution in [1.82, 2.24) is 0 Å². The largest absolute Gasteiger partial charge is 0.484 e. The minimum Gasteiger partial charge on any atom is -0.484 e. The third-order valence-electron chi connectivity index (χ3n) is 9.63. The topological polar surface area (TPSA) is 127 Å². The van der Waals surface area contributed by atoms with Gasteiger partial charge in [-0.05, 0) is 119 Å². The standard InChI is InChI=1S/C36H28ClNO3S.C7H9NO3S/c37-27-11-13-29(14-12-27)41-22-36(39)38(40)28-6-3-5-25(21-28)34-18-19-35(42-34)26-10-15-31-24(20-26)9-17-32-30-7-2-1-4-23(30)8-16-33(31)32;8-7(9)5-6-3-1-2-4-12(6,10)11/h1-7,9,11-14,17-21,40H,8,10,15-16,22H2;1-4,6H,5H2,(H2,8,9). The van der Waals surface area contributed by atoms with Gasteiger partial charge in [-0.15, -0.1) is 11.3 Å². The normalized spacial score (nSPS) is 16.1. The molecule has 1 aromatic heterocycles. The van der Waals surface area contributed by atoms with E-state index in [-0.39, 0.29) is 13.0 Å². The van der Waals surface area contributed by atoms with Gasteiger partial charge in [0.15, 0.2) is 16.4 Å². The van der Waals surface area contributed by atoms with Crippen LogP contribution in [0.3, 0.4) is 0 Å². The average Bonchev–Trinajstić information content (AvgIpc) is 3.68. The summed E-state index contributed by atoms with van der Waals surface area (Å²) in [7, 11) is -3.29. The highest BCUT2D eigenvalue weighted by Gasteiger charge is 2.25. The van der Waals surface area contributed by atoms with Crippen molar-refractivity contribution < 1.29 is 28.0 Å². The fourth-order valence-electron chi connectivity index (χ4n) is 6.93. The summed E-state index contributed by atoms with van der Waals surface area (Å²) in [4.78, 5) is 25.4. The number of primary amides is 1. The van der Waals surface area contributed by atoms with Crippen LogP contribution in [0.1, 0.15) is 40.0 Å². The number of hydrogen-bond acceptors (Lipinski definition) is 7. The van der Waals surface area contributed by atoms with Crippen LogP contribution in [0, 0.1) is 0 Å². The molecule has 0 saturated heterocycles. The van der Waals surface area contributed by atoms with Gasteiger partial charge in [0.25, 0.3) is 5.91 Å². The molecule has 5 aromatic rings. The number of fused-ring (bicyclic) bond motifs is 5. The summed E-state index contributed by atoms with van der Waals surface area (Å²) in [5, 5.41) is 12.1. The molecule has 3 N–H and O–H groups in total. The molecule has 11 heteroatoms. The number of hydrogen-bond donors (Lipinski definition) is 2. The lowest BCUT2D eigenvalue weighted by Crippen LogP contribution is -2.31. The van der Waals surface area contributed by atoms with E-state index in [1.54, 1.807) is 47.7 Å². The number of carbonyl (C=O) groups excluding carboxylic acids is 2. The fourth-order valence-corrected chi connectivity index (χ4v) is 9.32. The van der Waals surface area contributed by atoms with E-state index >= 15 is 0 Å². The molecule has 2 heterocycles. The average molecular weight is 777 g/mol. The lowest BCUT2D eigenvalue weighted by atomic mass is 9.78.